The minimum Gasteiger partial charge on any atom is -0.439 e. The van der Waals surface area contributed by atoms with Crippen molar-refractivity contribution in [1.82, 2.24) is 4.98 Å². The summed E-state index contributed by atoms with van der Waals surface area (Å²) in [6.45, 7) is 3.76. The molecule has 1 aromatic heterocycles. The number of ether oxygens (including phenoxy) is 1. The second-order valence-corrected chi connectivity index (χ2v) is 4.56. The Hall–Kier alpha value is -1.58. The van der Waals surface area contributed by atoms with Crippen LogP contribution in [0.5, 0.6) is 11.6 Å². The van der Waals surface area contributed by atoms with Crippen molar-refractivity contribution < 1.29 is 9.84 Å². The van der Waals surface area contributed by atoms with Crippen LogP contribution < -0.4 is 4.74 Å². The normalized spacial score (nSPS) is 10.4. The lowest BCUT2D eigenvalue weighted by molar-refractivity contribution is 0.281. The number of nitrogens with zero attached hydrogens (tertiary/aromatic N) is 1. The lowest BCUT2D eigenvalue weighted by Crippen LogP contribution is -1.95. The number of rotatable bonds is 3. The van der Waals surface area contributed by atoms with Gasteiger partial charge in [0.15, 0.2) is 0 Å². The van der Waals surface area contributed by atoms with Gasteiger partial charge in [-0.3, -0.25) is 0 Å². The fraction of sp³-hybridized carbons (Fsp3) is 0.214. The van der Waals surface area contributed by atoms with Gasteiger partial charge in [0.1, 0.15) is 5.75 Å². The van der Waals surface area contributed by atoms with Crippen molar-refractivity contribution in [1.29, 1.82) is 0 Å². The van der Waals surface area contributed by atoms with Gasteiger partial charge in [-0.25, -0.2) is 4.98 Å². The third-order valence-corrected chi connectivity index (χ3v) is 2.77. The first kappa shape index (κ1) is 12.9. The van der Waals surface area contributed by atoms with Crippen molar-refractivity contribution >= 4 is 11.6 Å². The summed E-state index contributed by atoms with van der Waals surface area (Å²) in [7, 11) is 0. The first-order chi connectivity index (χ1) is 8.58. The van der Waals surface area contributed by atoms with Gasteiger partial charge in [0.2, 0.25) is 5.88 Å². The molecule has 0 unspecified atom stereocenters. The molecule has 0 bridgehead atoms. The van der Waals surface area contributed by atoms with Gasteiger partial charge in [-0.05, 0) is 43.2 Å². The highest BCUT2D eigenvalue weighted by atomic mass is 35.5. The molecule has 0 aliphatic rings. The molecule has 0 aliphatic heterocycles. The quantitative estimate of drug-likeness (QED) is 0.919. The van der Waals surface area contributed by atoms with E-state index in [1.807, 2.05) is 32.0 Å². The van der Waals surface area contributed by atoms with E-state index in [1.165, 1.54) is 0 Å². The van der Waals surface area contributed by atoms with Crippen LogP contribution in [-0.2, 0) is 6.61 Å². The molecule has 18 heavy (non-hydrogen) atoms. The highest BCUT2D eigenvalue weighted by Gasteiger charge is 2.05. The maximum atomic E-state index is 9.15. The molecule has 2 aromatic rings. The summed E-state index contributed by atoms with van der Waals surface area (Å²) in [6.07, 6.45) is 0. The van der Waals surface area contributed by atoms with Gasteiger partial charge in [0.05, 0.1) is 6.61 Å². The van der Waals surface area contributed by atoms with Gasteiger partial charge in [0, 0.05) is 16.8 Å². The lowest BCUT2D eigenvalue weighted by Gasteiger charge is -2.10. The number of pyridine rings is 1. The van der Waals surface area contributed by atoms with E-state index in [1.54, 1.807) is 12.1 Å². The van der Waals surface area contributed by atoms with E-state index in [0.717, 1.165) is 16.8 Å². The van der Waals surface area contributed by atoms with Gasteiger partial charge >= 0.3 is 0 Å². The van der Waals surface area contributed by atoms with E-state index >= 15 is 0 Å². The number of benzene rings is 1. The zero-order chi connectivity index (χ0) is 13.1. The summed E-state index contributed by atoms with van der Waals surface area (Å²) in [4.78, 5) is 4.27. The van der Waals surface area contributed by atoms with Gasteiger partial charge in [0.25, 0.3) is 0 Å². The molecule has 4 heteroatoms. The number of aromatic nitrogens is 1. The molecule has 2 rings (SSSR count). The molecule has 0 radical (unpaired) electrons. The van der Waals surface area contributed by atoms with E-state index in [4.69, 9.17) is 21.4 Å². The second-order valence-electron chi connectivity index (χ2n) is 4.13. The number of aliphatic hydroxyl groups is 1. The fourth-order valence-corrected chi connectivity index (χ4v) is 1.81. The van der Waals surface area contributed by atoms with E-state index in [2.05, 4.69) is 4.98 Å². The molecular formula is C14H14ClNO2. The smallest absolute Gasteiger partial charge is 0.219 e. The number of hydrogen-bond acceptors (Lipinski definition) is 3. The maximum absolute atomic E-state index is 9.15. The Bertz CT molecular complexity index is 570. The van der Waals surface area contributed by atoms with Crippen LogP contribution in [0.1, 0.15) is 16.8 Å². The van der Waals surface area contributed by atoms with Gasteiger partial charge in [-0.2, -0.15) is 0 Å². The number of aryl methyl sites for hydroxylation is 2. The number of hydrogen-bond donors (Lipinski definition) is 1. The molecule has 1 N–H and O–H groups in total. The zero-order valence-electron chi connectivity index (χ0n) is 10.3. The van der Waals surface area contributed by atoms with Crippen molar-refractivity contribution in [3.63, 3.8) is 0 Å². The Morgan fingerprint density at radius 2 is 2.00 bits per heavy atom. The molecule has 94 valence electrons. The van der Waals surface area contributed by atoms with Crippen molar-refractivity contribution in [3.05, 3.63) is 52.2 Å². The van der Waals surface area contributed by atoms with Crippen LogP contribution in [-0.4, -0.2) is 10.1 Å². The molecular weight excluding hydrogens is 250 g/mol. The molecule has 1 aromatic carbocycles. The van der Waals surface area contributed by atoms with Crippen LogP contribution in [0.25, 0.3) is 0 Å². The standard InChI is InChI=1S/C14H14ClNO2/c1-9-3-4-12(15)7-13(9)18-14-6-11(8-17)5-10(2)16-14/h3-7,17H,8H2,1-2H3. The minimum absolute atomic E-state index is 0.0335. The van der Waals surface area contributed by atoms with Crippen LogP contribution in [0.2, 0.25) is 5.02 Å². The summed E-state index contributed by atoms with van der Waals surface area (Å²) >= 11 is 5.93. The Kier molecular flexibility index (Phi) is 3.84. The molecule has 0 saturated heterocycles. The Balaban J connectivity index is 2.33. The molecule has 0 atom stereocenters. The summed E-state index contributed by atoms with van der Waals surface area (Å²) in [5.74, 6) is 1.13. The number of aliphatic hydroxyl groups excluding tert-OH is 1. The lowest BCUT2D eigenvalue weighted by atomic mass is 10.2. The average Bonchev–Trinajstić information content (AvgIpc) is 2.33. The van der Waals surface area contributed by atoms with Gasteiger partial charge in [-0.1, -0.05) is 17.7 Å². The maximum Gasteiger partial charge on any atom is 0.219 e. The SMILES string of the molecule is Cc1cc(CO)cc(Oc2cc(Cl)ccc2C)n1. The summed E-state index contributed by atoms with van der Waals surface area (Å²) in [5, 5.41) is 9.76. The van der Waals surface area contributed by atoms with Crippen molar-refractivity contribution in [3.8, 4) is 11.6 Å². The van der Waals surface area contributed by atoms with E-state index in [9.17, 15) is 0 Å². The van der Waals surface area contributed by atoms with Crippen molar-refractivity contribution in [2.45, 2.75) is 20.5 Å². The first-order valence-corrected chi connectivity index (χ1v) is 5.98. The van der Waals surface area contributed by atoms with Crippen LogP contribution in [0.4, 0.5) is 0 Å². The van der Waals surface area contributed by atoms with E-state index in [-0.39, 0.29) is 6.61 Å². The summed E-state index contributed by atoms with van der Waals surface area (Å²) in [5.41, 5.74) is 2.56. The van der Waals surface area contributed by atoms with E-state index < -0.39 is 0 Å². The Morgan fingerprint density at radius 3 is 2.72 bits per heavy atom. The molecule has 3 nitrogen and oxygen atoms in total. The molecule has 0 saturated carbocycles. The molecule has 0 spiro atoms. The summed E-state index contributed by atoms with van der Waals surface area (Å²) < 4.78 is 5.71. The third-order valence-electron chi connectivity index (χ3n) is 2.54. The minimum atomic E-state index is -0.0335. The summed E-state index contributed by atoms with van der Waals surface area (Å²) in [6, 6.07) is 8.98. The second kappa shape index (κ2) is 5.38. The number of halogens is 1. The van der Waals surface area contributed by atoms with Crippen molar-refractivity contribution in [2.24, 2.45) is 0 Å². The Labute approximate surface area is 111 Å². The van der Waals surface area contributed by atoms with E-state index in [0.29, 0.717) is 16.7 Å². The molecule has 0 aliphatic carbocycles. The average molecular weight is 264 g/mol. The van der Waals surface area contributed by atoms with Crippen molar-refractivity contribution in [2.75, 3.05) is 0 Å². The molecule has 0 fully saturated rings. The van der Waals surface area contributed by atoms with Crippen LogP contribution in [0, 0.1) is 13.8 Å². The largest absolute Gasteiger partial charge is 0.439 e. The third kappa shape index (κ3) is 3.00. The highest BCUT2D eigenvalue weighted by Crippen LogP contribution is 2.27. The predicted molar refractivity (Wildman–Crippen MR) is 71.2 cm³/mol. The van der Waals surface area contributed by atoms with Crippen LogP contribution in [0.15, 0.2) is 30.3 Å². The van der Waals surface area contributed by atoms with Gasteiger partial charge in [-0.15, -0.1) is 0 Å². The highest BCUT2D eigenvalue weighted by molar-refractivity contribution is 6.30. The topological polar surface area (TPSA) is 42.4 Å². The van der Waals surface area contributed by atoms with Crippen LogP contribution >= 0.6 is 11.6 Å². The van der Waals surface area contributed by atoms with Crippen LogP contribution in [0.3, 0.4) is 0 Å². The molecule has 1 heterocycles. The molecule has 0 amide bonds. The fourth-order valence-electron chi connectivity index (χ4n) is 1.65. The predicted octanol–water partition coefficient (Wildman–Crippen LogP) is 3.64. The van der Waals surface area contributed by atoms with Gasteiger partial charge < -0.3 is 9.84 Å². The monoisotopic (exact) mass is 263 g/mol. The Morgan fingerprint density at radius 1 is 1.22 bits per heavy atom. The zero-order valence-corrected chi connectivity index (χ0v) is 11.0. The first-order valence-electron chi connectivity index (χ1n) is 5.61.